The molecule has 2 amide bonds. The first-order chi connectivity index (χ1) is 14.8. The molecule has 6 heteroatoms. The van der Waals surface area contributed by atoms with Gasteiger partial charge in [0.05, 0.1) is 6.26 Å². The van der Waals surface area contributed by atoms with E-state index in [1.54, 1.807) is 30.6 Å². The molecule has 0 aliphatic heterocycles. The summed E-state index contributed by atoms with van der Waals surface area (Å²) in [6.07, 6.45) is 6.65. The third-order valence-electron chi connectivity index (χ3n) is 5.39. The number of rotatable bonds is 6. The van der Waals surface area contributed by atoms with Crippen LogP contribution in [0, 0.1) is 0 Å². The number of carbonyl (C=O) groups is 2. The van der Waals surface area contributed by atoms with E-state index in [1.165, 1.54) is 11.2 Å². The molecule has 6 nitrogen and oxygen atoms in total. The van der Waals surface area contributed by atoms with E-state index >= 15 is 0 Å². The number of carbonyl (C=O) groups excluding carboxylic acids is 2. The molecule has 1 aliphatic carbocycles. The number of hydrogen-bond acceptors (Lipinski definition) is 4. The van der Waals surface area contributed by atoms with Gasteiger partial charge in [-0.2, -0.15) is 0 Å². The van der Waals surface area contributed by atoms with E-state index in [1.807, 2.05) is 30.3 Å². The molecule has 1 aromatic carbocycles. The number of benzene rings is 1. The number of hydrogen-bond donors (Lipinski definition) is 1. The Balaban J connectivity index is 1.80. The van der Waals surface area contributed by atoms with Crippen molar-refractivity contribution in [2.45, 2.75) is 51.1 Å². The summed E-state index contributed by atoms with van der Waals surface area (Å²) >= 11 is 0. The lowest BCUT2D eigenvalue weighted by atomic mass is 9.87. The zero-order chi connectivity index (χ0) is 22.0. The predicted octanol–water partition coefficient (Wildman–Crippen LogP) is 4.64. The normalized spacial score (nSPS) is 14.7. The fraction of sp³-hybridized carbons (Fsp3) is 0.320. The smallest absolute Gasteiger partial charge is 0.294 e. The first-order valence-corrected chi connectivity index (χ1v) is 10.5. The quantitative estimate of drug-likeness (QED) is 0.634. The molecule has 1 N–H and O–H groups in total. The van der Waals surface area contributed by atoms with Gasteiger partial charge in [0.15, 0.2) is 5.76 Å². The number of anilines is 1. The third-order valence-corrected chi connectivity index (χ3v) is 5.39. The van der Waals surface area contributed by atoms with Gasteiger partial charge in [-0.15, -0.1) is 0 Å². The Bertz CT molecular complexity index is 1030. The minimum atomic E-state index is -0.868. The molecule has 1 atom stereocenters. The van der Waals surface area contributed by atoms with E-state index in [2.05, 4.69) is 31.1 Å². The van der Waals surface area contributed by atoms with Crippen LogP contribution >= 0.6 is 0 Å². The molecule has 2 heterocycles. The Labute approximate surface area is 182 Å². The van der Waals surface area contributed by atoms with Crippen LogP contribution < -0.4 is 10.2 Å². The van der Waals surface area contributed by atoms with Crippen molar-refractivity contribution < 1.29 is 14.0 Å². The van der Waals surface area contributed by atoms with Crippen molar-refractivity contribution >= 4 is 17.5 Å². The van der Waals surface area contributed by atoms with Gasteiger partial charge in [0, 0.05) is 29.7 Å². The Morgan fingerprint density at radius 3 is 2.39 bits per heavy atom. The van der Waals surface area contributed by atoms with Crippen LogP contribution in [0.25, 0.3) is 0 Å². The highest BCUT2D eigenvalue weighted by atomic mass is 16.3. The van der Waals surface area contributed by atoms with Crippen LogP contribution in [-0.4, -0.2) is 22.8 Å². The monoisotopic (exact) mass is 417 g/mol. The van der Waals surface area contributed by atoms with E-state index in [0.717, 1.165) is 18.4 Å². The SMILES string of the molecule is CC(C)(C)c1ccc(N(C(=O)c2ccco2)C(C(=O)NC2CC2)c2cccnc2)cc1. The lowest BCUT2D eigenvalue weighted by Crippen LogP contribution is -2.44. The maximum Gasteiger partial charge on any atom is 0.294 e. The van der Waals surface area contributed by atoms with Crippen LogP contribution in [0.1, 0.15) is 61.3 Å². The highest BCUT2D eigenvalue weighted by Crippen LogP contribution is 2.32. The summed E-state index contributed by atoms with van der Waals surface area (Å²) in [7, 11) is 0. The molecule has 1 saturated carbocycles. The maximum atomic E-state index is 13.5. The number of pyridine rings is 1. The first kappa shape index (κ1) is 20.8. The Morgan fingerprint density at radius 1 is 1.10 bits per heavy atom. The minimum Gasteiger partial charge on any atom is -0.459 e. The predicted molar refractivity (Wildman–Crippen MR) is 119 cm³/mol. The zero-order valence-corrected chi connectivity index (χ0v) is 18.0. The summed E-state index contributed by atoms with van der Waals surface area (Å²) in [5.41, 5.74) is 2.37. The van der Waals surface area contributed by atoms with E-state index in [-0.39, 0.29) is 29.0 Å². The van der Waals surface area contributed by atoms with Gasteiger partial charge in [0.2, 0.25) is 5.91 Å². The summed E-state index contributed by atoms with van der Waals surface area (Å²) < 4.78 is 5.40. The van der Waals surface area contributed by atoms with Crippen LogP contribution in [0.4, 0.5) is 5.69 Å². The Kier molecular flexibility index (Phi) is 5.63. The topological polar surface area (TPSA) is 75.4 Å². The summed E-state index contributed by atoms with van der Waals surface area (Å²) in [6, 6.07) is 13.9. The van der Waals surface area contributed by atoms with Crippen molar-refractivity contribution in [3.63, 3.8) is 0 Å². The molecule has 0 radical (unpaired) electrons. The van der Waals surface area contributed by atoms with Gasteiger partial charge in [0.25, 0.3) is 5.91 Å². The second-order valence-corrected chi connectivity index (χ2v) is 8.92. The van der Waals surface area contributed by atoms with Crippen LogP contribution in [0.3, 0.4) is 0 Å². The second-order valence-electron chi connectivity index (χ2n) is 8.92. The van der Waals surface area contributed by atoms with Gasteiger partial charge < -0.3 is 9.73 Å². The molecule has 3 aromatic rings. The first-order valence-electron chi connectivity index (χ1n) is 10.5. The molecule has 4 rings (SSSR count). The van der Waals surface area contributed by atoms with Crippen LogP contribution in [0.15, 0.2) is 71.6 Å². The number of amides is 2. The maximum absolute atomic E-state index is 13.5. The Morgan fingerprint density at radius 2 is 1.84 bits per heavy atom. The van der Waals surface area contributed by atoms with Gasteiger partial charge in [-0.05, 0) is 54.2 Å². The minimum absolute atomic E-state index is 0.0273. The van der Waals surface area contributed by atoms with E-state index in [4.69, 9.17) is 4.42 Å². The number of aromatic nitrogens is 1. The fourth-order valence-electron chi connectivity index (χ4n) is 3.49. The van der Waals surface area contributed by atoms with Gasteiger partial charge in [-0.25, -0.2) is 0 Å². The number of nitrogens with zero attached hydrogens (tertiary/aromatic N) is 2. The lowest BCUT2D eigenvalue weighted by Gasteiger charge is -2.31. The molecular weight excluding hydrogens is 390 g/mol. The lowest BCUT2D eigenvalue weighted by molar-refractivity contribution is -0.122. The summed E-state index contributed by atoms with van der Waals surface area (Å²) in [4.78, 5) is 32.6. The van der Waals surface area contributed by atoms with E-state index in [0.29, 0.717) is 11.3 Å². The van der Waals surface area contributed by atoms with Gasteiger partial charge in [-0.1, -0.05) is 39.0 Å². The van der Waals surface area contributed by atoms with Crippen molar-refractivity contribution in [1.29, 1.82) is 0 Å². The molecule has 0 spiro atoms. The van der Waals surface area contributed by atoms with Crippen LogP contribution in [0.2, 0.25) is 0 Å². The van der Waals surface area contributed by atoms with E-state index in [9.17, 15) is 9.59 Å². The van der Waals surface area contributed by atoms with Crippen molar-refractivity contribution in [3.05, 3.63) is 84.1 Å². The van der Waals surface area contributed by atoms with Gasteiger partial charge in [-0.3, -0.25) is 19.5 Å². The number of furan rings is 1. The molecule has 31 heavy (non-hydrogen) atoms. The zero-order valence-electron chi connectivity index (χ0n) is 18.0. The van der Waals surface area contributed by atoms with Crippen molar-refractivity contribution in [3.8, 4) is 0 Å². The average Bonchev–Trinajstić information content (AvgIpc) is 3.39. The van der Waals surface area contributed by atoms with Gasteiger partial charge in [0.1, 0.15) is 6.04 Å². The third kappa shape index (κ3) is 4.68. The standard InChI is InChI=1S/C25H27N3O3/c1-25(2,3)18-8-12-20(13-9-18)28(24(30)21-7-5-15-31-21)22(17-6-4-14-26-16-17)23(29)27-19-10-11-19/h4-9,12-16,19,22H,10-11H2,1-3H3,(H,27,29). The largest absolute Gasteiger partial charge is 0.459 e. The van der Waals surface area contributed by atoms with Gasteiger partial charge >= 0.3 is 0 Å². The molecule has 2 aromatic heterocycles. The molecule has 1 fully saturated rings. The molecule has 1 unspecified atom stereocenters. The van der Waals surface area contributed by atoms with E-state index < -0.39 is 6.04 Å². The average molecular weight is 418 g/mol. The summed E-state index contributed by atoms with van der Waals surface area (Å²) in [5, 5.41) is 3.05. The molecule has 160 valence electrons. The second kappa shape index (κ2) is 8.38. The molecule has 0 saturated heterocycles. The molecule has 1 aliphatic rings. The Hall–Kier alpha value is -3.41. The summed E-state index contributed by atoms with van der Waals surface area (Å²) in [5.74, 6) is -0.434. The molecular formula is C25H27N3O3. The fourth-order valence-corrected chi connectivity index (χ4v) is 3.49. The van der Waals surface area contributed by atoms with Crippen molar-refractivity contribution in [1.82, 2.24) is 10.3 Å². The number of nitrogens with one attached hydrogen (secondary N) is 1. The van der Waals surface area contributed by atoms with Crippen LogP contribution in [-0.2, 0) is 10.2 Å². The summed E-state index contributed by atoms with van der Waals surface area (Å²) in [6.45, 7) is 6.40. The van der Waals surface area contributed by atoms with Crippen molar-refractivity contribution in [2.24, 2.45) is 0 Å². The molecule has 0 bridgehead atoms. The van der Waals surface area contributed by atoms with Crippen LogP contribution in [0.5, 0.6) is 0 Å². The highest BCUT2D eigenvalue weighted by molar-refractivity contribution is 6.08. The highest BCUT2D eigenvalue weighted by Gasteiger charge is 2.37. The van der Waals surface area contributed by atoms with Crippen molar-refractivity contribution in [2.75, 3.05) is 4.90 Å².